The Morgan fingerprint density at radius 3 is 2.33 bits per heavy atom. The Hall–Kier alpha value is -0.580. The average Bonchev–Trinajstić information content (AvgIpc) is 1.84. The van der Waals surface area contributed by atoms with Crippen LogP contribution in [0.5, 0.6) is 0 Å². The zero-order valence-corrected chi connectivity index (χ0v) is 7.80. The van der Waals surface area contributed by atoms with Crippen molar-refractivity contribution in [1.82, 2.24) is 0 Å². The van der Waals surface area contributed by atoms with Crippen LogP contribution in [-0.2, 0) is 4.79 Å². The van der Waals surface area contributed by atoms with E-state index in [1.54, 1.807) is 6.92 Å². The minimum Gasteiger partial charge on any atom is -0.382 e. The first kappa shape index (κ1) is 14.0. The van der Waals surface area contributed by atoms with Crippen LogP contribution < -0.4 is 11.5 Å². The van der Waals surface area contributed by atoms with Gasteiger partial charge in [-0.2, -0.15) is 0 Å². The second-order valence-corrected chi connectivity index (χ2v) is 2.67. The summed E-state index contributed by atoms with van der Waals surface area (Å²) in [5.74, 6) is -0.793. The summed E-state index contributed by atoms with van der Waals surface area (Å²) in [6.07, 6.45) is -0.865. The number of hydrogen-bond donors (Lipinski definition) is 3. The van der Waals surface area contributed by atoms with Crippen LogP contribution in [0.15, 0.2) is 12.2 Å². The van der Waals surface area contributed by atoms with Gasteiger partial charge in [0, 0.05) is 6.04 Å². The van der Waals surface area contributed by atoms with E-state index in [4.69, 9.17) is 16.6 Å². The molecule has 5 heteroatoms. The lowest BCUT2D eigenvalue weighted by Crippen LogP contribution is -2.44. The Morgan fingerprint density at radius 2 is 2.08 bits per heavy atom. The molecule has 0 heterocycles. The van der Waals surface area contributed by atoms with Crippen molar-refractivity contribution in [2.24, 2.45) is 11.5 Å². The molecule has 0 aliphatic rings. The van der Waals surface area contributed by atoms with Gasteiger partial charge < -0.3 is 16.6 Å². The molecule has 0 radical (unpaired) electrons. The molecule has 2 unspecified atom stereocenters. The number of amides is 1. The van der Waals surface area contributed by atoms with E-state index in [0.717, 1.165) is 5.57 Å². The number of hydrogen-bond acceptors (Lipinski definition) is 3. The minimum atomic E-state index is -1.27. The molecule has 0 spiro atoms. The summed E-state index contributed by atoms with van der Waals surface area (Å²) >= 11 is 0. The molecule has 72 valence electrons. The first-order chi connectivity index (χ1) is 4.95. The second kappa shape index (κ2) is 5.99. The highest BCUT2D eigenvalue weighted by Crippen LogP contribution is 2.02. The van der Waals surface area contributed by atoms with E-state index in [1.165, 1.54) is 0 Å². The molecular formula is C7H15ClN2O2. The van der Waals surface area contributed by atoms with E-state index >= 15 is 0 Å². The van der Waals surface area contributed by atoms with E-state index in [2.05, 4.69) is 6.58 Å². The number of aliphatic hydroxyl groups is 1. The molecule has 0 rings (SSSR count). The maximum absolute atomic E-state index is 10.4. The highest BCUT2D eigenvalue weighted by atomic mass is 35.5. The van der Waals surface area contributed by atoms with Crippen molar-refractivity contribution in [3.63, 3.8) is 0 Å². The number of primary amides is 1. The van der Waals surface area contributed by atoms with Gasteiger partial charge in [-0.05, 0) is 13.3 Å². The van der Waals surface area contributed by atoms with Crippen LogP contribution in [0.1, 0.15) is 13.3 Å². The lowest BCUT2D eigenvalue weighted by atomic mass is 10.0. The van der Waals surface area contributed by atoms with E-state index in [0.29, 0.717) is 6.42 Å². The summed E-state index contributed by atoms with van der Waals surface area (Å²) in [4.78, 5) is 10.4. The molecule has 2 atom stereocenters. The normalized spacial score (nSPS) is 14.2. The molecule has 5 N–H and O–H groups in total. The third-order valence-corrected chi connectivity index (χ3v) is 1.28. The SMILES string of the molecule is C=C(C)CC(N)C(O)C(N)=O.Cl. The molecule has 4 nitrogen and oxygen atoms in total. The number of halogens is 1. The lowest BCUT2D eigenvalue weighted by Gasteiger charge is -2.14. The maximum atomic E-state index is 10.4. The Labute approximate surface area is 78.0 Å². The molecule has 0 aliphatic heterocycles. The first-order valence-electron chi connectivity index (χ1n) is 3.32. The summed E-state index contributed by atoms with van der Waals surface area (Å²) in [5, 5.41) is 9.00. The van der Waals surface area contributed by atoms with Gasteiger partial charge >= 0.3 is 0 Å². The van der Waals surface area contributed by atoms with Crippen LogP contribution in [0.25, 0.3) is 0 Å². The van der Waals surface area contributed by atoms with E-state index in [1.807, 2.05) is 0 Å². The Morgan fingerprint density at radius 1 is 1.67 bits per heavy atom. The molecule has 0 aromatic rings. The Kier molecular flexibility index (Phi) is 6.98. The standard InChI is InChI=1S/C7H14N2O2.ClH/c1-4(2)3-5(8)6(10)7(9)11;/h5-6,10H,1,3,8H2,2H3,(H2,9,11);1H. The van der Waals surface area contributed by atoms with Crippen LogP contribution >= 0.6 is 12.4 Å². The molecule has 0 aromatic heterocycles. The van der Waals surface area contributed by atoms with Gasteiger partial charge in [-0.25, -0.2) is 0 Å². The van der Waals surface area contributed by atoms with Crippen LogP contribution in [0.4, 0.5) is 0 Å². The van der Waals surface area contributed by atoms with Crippen molar-refractivity contribution in [3.05, 3.63) is 12.2 Å². The van der Waals surface area contributed by atoms with Gasteiger partial charge in [0.05, 0.1) is 0 Å². The van der Waals surface area contributed by atoms with Crippen molar-refractivity contribution in [3.8, 4) is 0 Å². The number of rotatable bonds is 4. The van der Waals surface area contributed by atoms with E-state index in [-0.39, 0.29) is 12.4 Å². The summed E-state index contributed by atoms with van der Waals surface area (Å²) in [6, 6.07) is -0.634. The maximum Gasteiger partial charge on any atom is 0.247 e. The summed E-state index contributed by atoms with van der Waals surface area (Å²) in [7, 11) is 0. The number of nitrogens with two attached hydrogens (primary N) is 2. The molecule has 0 fully saturated rings. The third kappa shape index (κ3) is 5.12. The highest BCUT2D eigenvalue weighted by molar-refractivity contribution is 5.85. The fraction of sp³-hybridized carbons (Fsp3) is 0.571. The van der Waals surface area contributed by atoms with Gasteiger partial charge in [0.2, 0.25) is 5.91 Å². The smallest absolute Gasteiger partial charge is 0.247 e. The fourth-order valence-electron chi connectivity index (χ4n) is 0.725. The quantitative estimate of drug-likeness (QED) is 0.530. The monoisotopic (exact) mass is 194 g/mol. The minimum absolute atomic E-state index is 0. The first-order valence-corrected chi connectivity index (χ1v) is 3.32. The van der Waals surface area contributed by atoms with Crippen molar-refractivity contribution in [2.45, 2.75) is 25.5 Å². The molecular weight excluding hydrogens is 180 g/mol. The number of carbonyl (C=O) groups is 1. The van der Waals surface area contributed by atoms with Crippen molar-refractivity contribution < 1.29 is 9.90 Å². The molecule has 1 amide bonds. The van der Waals surface area contributed by atoms with Gasteiger partial charge in [0.15, 0.2) is 0 Å². The molecule has 0 aromatic carbocycles. The third-order valence-electron chi connectivity index (χ3n) is 1.28. The summed E-state index contributed by atoms with van der Waals surface area (Å²) in [6.45, 7) is 5.37. The molecule has 0 aliphatic carbocycles. The largest absolute Gasteiger partial charge is 0.382 e. The summed E-state index contributed by atoms with van der Waals surface area (Å²) in [5.41, 5.74) is 11.0. The predicted molar refractivity (Wildman–Crippen MR) is 49.9 cm³/mol. The zero-order valence-electron chi connectivity index (χ0n) is 6.99. The van der Waals surface area contributed by atoms with E-state index < -0.39 is 18.1 Å². The fourth-order valence-corrected chi connectivity index (χ4v) is 0.725. The van der Waals surface area contributed by atoms with Crippen LogP contribution in [0.3, 0.4) is 0 Å². The van der Waals surface area contributed by atoms with Gasteiger partial charge in [-0.1, -0.05) is 5.57 Å². The van der Waals surface area contributed by atoms with E-state index in [9.17, 15) is 4.79 Å². The lowest BCUT2D eigenvalue weighted by molar-refractivity contribution is -0.126. The zero-order chi connectivity index (χ0) is 9.02. The van der Waals surface area contributed by atoms with Gasteiger partial charge in [0.25, 0.3) is 0 Å². The van der Waals surface area contributed by atoms with Crippen molar-refractivity contribution in [2.75, 3.05) is 0 Å². The molecule has 0 saturated heterocycles. The second-order valence-electron chi connectivity index (χ2n) is 2.67. The molecule has 0 saturated carbocycles. The average molecular weight is 195 g/mol. The Balaban J connectivity index is 0. The molecule has 12 heavy (non-hydrogen) atoms. The van der Waals surface area contributed by atoms with Crippen molar-refractivity contribution in [1.29, 1.82) is 0 Å². The van der Waals surface area contributed by atoms with Crippen LogP contribution in [0.2, 0.25) is 0 Å². The summed E-state index contributed by atoms with van der Waals surface area (Å²) < 4.78 is 0. The van der Waals surface area contributed by atoms with Crippen LogP contribution in [-0.4, -0.2) is 23.2 Å². The Bertz CT molecular complexity index is 173. The predicted octanol–water partition coefficient (Wildman–Crippen LogP) is -0.452. The van der Waals surface area contributed by atoms with Gasteiger partial charge in [0.1, 0.15) is 6.10 Å². The van der Waals surface area contributed by atoms with Crippen LogP contribution in [0, 0.1) is 0 Å². The molecule has 0 bridgehead atoms. The highest BCUT2D eigenvalue weighted by Gasteiger charge is 2.19. The number of carbonyl (C=O) groups excluding carboxylic acids is 1. The van der Waals surface area contributed by atoms with Gasteiger partial charge in [-0.15, -0.1) is 19.0 Å². The van der Waals surface area contributed by atoms with Crippen molar-refractivity contribution >= 4 is 18.3 Å². The van der Waals surface area contributed by atoms with Gasteiger partial charge in [-0.3, -0.25) is 4.79 Å². The number of aliphatic hydroxyl groups excluding tert-OH is 1. The topological polar surface area (TPSA) is 89.3 Å².